The molecular weight excluding hydrogens is 489 g/mol. The van der Waals surface area contributed by atoms with Crippen LogP contribution in [0.15, 0.2) is 58.4 Å². The van der Waals surface area contributed by atoms with E-state index in [4.69, 9.17) is 23.2 Å². The molecule has 32 heavy (non-hydrogen) atoms. The number of hydrogen-bond donors (Lipinski definition) is 1. The second-order valence-corrected chi connectivity index (χ2v) is 10.1. The molecule has 1 aromatic heterocycles. The van der Waals surface area contributed by atoms with Crippen molar-refractivity contribution in [2.24, 2.45) is 0 Å². The van der Waals surface area contributed by atoms with Gasteiger partial charge in [-0.3, -0.25) is 14.5 Å². The van der Waals surface area contributed by atoms with E-state index in [0.29, 0.717) is 30.6 Å². The Morgan fingerprint density at radius 2 is 1.69 bits per heavy atom. The molecule has 6 nitrogen and oxygen atoms in total. The Hall–Kier alpha value is -2.39. The molecule has 10 heteroatoms. The zero-order valence-corrected chi connectivity index (χ0v) is 19.9. The monoisotopic (exact) mass is 505 g/mol. The number of aliphatic hydroxyl groups excluding tert-OH is 1. The molecule has 1 atom stereocenters. The summed E-state index contributed by atoms with van der Waals surface area (Å²) >= 11 is 14.8. The van der Waals surface area contributed by atoms with Gasteiger partial charge in [0.1, 0.15) is 5.76 Å². The number of Topliss-reactive ketones (excluding diaryl/α,β-unsaturated/α-hetero) is 1. The lowest BCUT2D eigenvalue weighted by molar-refractivity contribution is -0.132. The molecule has 3 aromatic rings. The van der Waals surface area contributed by atoms with E-state index >= 15 is 0 Å². The minimum atomic E-state index is -0.875. The van der Waals surface area contributed by atoms with Gasteiger partial charge in [-0.05, 0) is 48.4 Å². The average Bonchev–Trinajstić information content (AvgIpc) is 3.35. The second-order valence-electron chi connectivity index (χ2n) is 6.93. The number of hydrogen-bond acceptors (Lipinski definition) is 7. The van der Waals surface area contributed by atoms with E-state index in [1.807, 2.05) is 0 Å². The van der Waals surface area contributed by atoms with Gasteiger partial charge in [-0.1, -0.05) is 65.4 Å². The Morgan fingerprint density at radius 1 is 1.06 bits per heavy atom. The number of carbonyl (C=O) groups excluding carboxylic acids is 2. The summed E-state index contributed by atoms with van der Waals surface area (Å²) in [6, 6.07) is 12.3. The molecule has 0 aliphatic carbocycles. The molecule has 0 saturated carbocycles. The van der Waals surface area contributed by atoms with Gasteiger partial charge < -0.3 is 5.11 Å². The van der Waals surface area contributed by atoms with Crippen molar-refractivity contribution in [3.8, 4) is 0 Å². The van der Waals surface area contributed by atoms with E-state index < -0.39 is 17.7 Å². The highest BCUT2D eigenvalue weighted by Gasteiger charge is 2.48. The number of aromatic nitrogens is 2. The summed E-state index contributed by atoms with van der Waals surface area (Å²) in [6.45, 7) is 2.06. The minimum Gasteiger partial charge on any atom is -0.507 e. The fraction of sp³-hybridized carbons (Fsp3) is 0.182. The largest absolute Gasteiger partial charge is 0.507 e. The van der Waals surface area contributed by atoms with Crippen LogP contribution in [0, 0.1) is 0 Å². The number of rotatable bonds is 6. The van der Waals surface area contributed by atoms with Crippen LogP contribution in [0.5, 0.6) is 0 Å². The van der Waals surface area contributed by atoms with Crippen molar-refractivity contribution < 1.29 is 14.7 Å². The number of benzene rings is 2. The Morgan fingerprint density at radius 3 is 2.31 bits per heavy atom. The van der Waals surface area contributed by atoms with Crippen LogP contribution < -0.4 is 4.90 Å². The Labute approximate surface area is 202 Å². The highest BCUT2D eigenvalue weighted by molar-refractivity contribution is 8.01. The minimum absolute atomic E-state index is 0.0300. The molecule has 1 aliphatic heterocycles. The summed E-state index contributed by atoms with van der Waals surface area (Å²) in [4.78, 5) is 27.5. The van der Waals surface area contributed by atoms with E-state index in [-0.39, 0.29) is 11.3 Å². The Balaban J connectivity index is 1.86. The highest BCUT2D eigenvalue weighted by atomic mass is 35.5. The smallest absolute Gasteiger partial charge is 0.301 e. The number of aliphatic hydroxyl groups is 1. The van der Waals surface area contributed by atoms with E-state index in [1.165, 1.54) is 28.0 Å². The quantitative estimate of drug-likeness (QED) is 0.146. The lowest BCUT2D eigenvalue weighted by Crippen LogP contribution is -2.29. The van der Waals surface area contributed by atoms with Crippen molar-refractivity contribution in [1.82, 2.24) is 10.2 Å². The Bertz CT molecular complexity index is 1190. The third-order valence-electron chi connectivity index (χ3n) is 4.78. The molecule has 0 unspecified atom stereocenters. The first-order valence-corrected chi connectivity index (χ1v) is 12.2. The lowest BCUT2D eigenvalue weighted by Gasteiger charge is -2.22. The van der Waals surface area contributed by atoms with E-state index in [0.717, 1.165) is 12.2 Å². The number of thioether (sulfide) groups is 1. The second kappa shape index (κ2) is 9.62. The zero-order chi connectivity index (χ0) is 22.8. The number of carbonyl (C=O) groups is 2. The van der Waals surface area contributed by atoms with Gasteiger partial charge >= 0.3 is 5.91 Å². The van der Waals surface area contributed by atoms with Crippen LogP contribution in [0.3, 0.4) is 0 Å². The molecule has 0 radical (unpaired) electrons. The molecule has 0 bridgehead atoms. The first-order valence-electron chi connectivity index (χ1n) is 9.69. The van der Waals surface area contributed by atoms with Gasteiger partial charge in [0.05, 0.1) is 11.6 Å². The molecule has 1 aliphatic rings. The lowest BCUT2D eigenvalue weighted by atomic mass is 9.95. The summed E-state index contributed by atoms with van der Waals surface area (Å²) in [5.41, 5.74) is 0.961. The molecule has 4 rings (SSSR count). The number of halogens is 2. The number of ketones is 1. The van der Waals surface area contributed by atoms with Crippen molar-refractivity contribution in [3.05, 3.63) is 75.3 Å². The van der Waals surface area contributed by atoms with Gasteiger partial charge in [0.25, 0.3) is 5.78 Å². The fourth-order valence-corrected chi connectivity index (χ4v) is 5.35. The van der Waals surface area contributed by atoms with Crippen molar-refractivity contribution in [2.75, 3.05) is 10.7 Å². The third kappa shape index (κ3) is 4.41. The Kier molecular flexibility index (Phi) is 6.85. The van der Waals surface area contributed by atoms with Crippen molar-refractivity contribution >= 4 is 68.9 Å². The van der Waals surface area contributed by atoms with Crippen LogP contribution >= 0.6 is 46.3 Å². The molecule has 2 aromatic carbocycles. The van der Waals surface area contributed by atoms with Crippen LogP contribution in [0.4, 0.5) is 5.13 Å². The van der Waals surface area contributed by atoms with Crippen LogP contribution in [-0.2, 0) is 9.59 Å². The first kappa shape index (κ1) is 22.8. The maximum Gasteiger partial charge on any atom is 0.301 e. The zero-order valence-electron chi connectivity index (χ0n) is 16.8. The topological polar surface area (TPSA) is 83.4 Å². The number of nitrogens with zero attached hydrogens (tertiary/aromatic N) is 3. The van der Waals surface area contributed by atoms with Crippen molar-refractivity contribution in [3.63, 3.8) is 0 Å². The van der Waals surface area contributed by atoms with E-state index in [2.05, 4.69) is 17.1 Å². The van der Waals surface area contributed by atoms with Gasteiger partial charge in [-0.2, -0.15) is 0 Å². The number of amides is 1. The molecular formula is C22H17Cl2N3O3S2. The molecule has 1 fully saturated rings. The normalized spacial score (nSPS) is 17.8. The van der Waals surface area contributed by atoms with Crippen LogP contribution in [0.1, 0.15) is 30.5 Å². The maximum absolute atomic E-state index is 13.1. The molecule has 0 spiro atoms. The fourth-order valence-electron chi connectivity index (χ4n) is 3.30. The summed E-state index contributed by atoms with van der Waals surface area (Å²) in [5, 5.41) is 20.6. The van der Waals surface area contributed by atoms with E-state index in [9.17, 15) is 14.7 Å². The van der Waals surface area contributed by atoms with Gasteiger partial charge in [-0.25, -0.2) is 0 Å². The van der Waals surface area contributed by atoms with Crippen molar-refractivity contribution in [1.29, 1.82) is 0 Å². The molecule has 1 amide bonds. The average molecular weight is 506 g/mol. The highest BCUT2D eigenvalue weighted by Crippen LogP contribution is 2.44. The van der Waals surface area contributed by atoms with Gasteiger partial charge in [0.15, 0.2) is 4.34 Å². The molecule has 164 valence electrons. The van der Waals surface area contributed by atoms with Crippen molar-refractivity contribution in [2.45, 2.75) is 23.7 Å². The molecule has 2 heterocycles. The summed E-state index contributed by atoms with van der Waals surface area (Å²) in [5.74, 6) is -0.989. The van der Waals surface area contributed by atoms with Gasteiger partial charge in [0, 0.05) is 21.4 Å². The summed E-state index contributed by atoms with van der Waals surface area (Å²) in [7, 11) is 0. The van der Waals surface area contributed by atoms with Crippen LogP contribution in [-0.4, -0.2) is 32.7 Å². The first-order chi connectivity index (χ1) is 15.4. The molecule has 1 N–H and O–H groups in total. The summed E-state index contributed by atoms with van der Waals surface area (Å²) < 4.78 is 0.705. The van der Waals surface area contributed by atoms with Crippen LogP contribution in [0.2, 0.25) is 10.0 Å². The van der Waals surface area contributed by atoms with E-state index in [1.54, 1.807) is 48.5 Å². The van der Waals surface area contributed by atoms with Gasteiger partial charge in [-0.15, -0.1) is 10.2 Å². The number of anilines is 1. The predicted octanol–water partition coefficient (Wildman–Crippen LogP) is 5.97. The molecule has 1 saturated heterocycles. The standard InChI is InChI=1S/C22H17Cl2N3O3S2/c1-2-11-31-22-26-25-21(32-22)27-17(12-3-7-14(23)8-4-12)16(19(29)20(27)30)18(28)13-5-9-15(24)10-6-13/h3-10,17,28H,2,11H2,1H3/b18-16+/t17-/m0/s1. The third-order valence-corrected chi connectivity index (χ3v) is 7.55. The summed E-state index contributed by atoms with van der Waals surface area (Å²) in [6.07, 6.45) is 0.968. The van der Waals surface area contributed by atoms with Crippen LogP contribution in [0.25, 0.3) is 5.76 Å². The SMILES string of the molecule is CCCSc1nnc(N2C(=O)C(=O)/C(=C(/O)c3ccc(Cl)cc3)[C@@H]2c2ccc(Cl)cc2)s1. The maximum atomic E-state index is 13.1. The van der Waals surface area contributed by atoms with Gasteiger partial charge in [0.2, 0.25) is 5.13 Å². The predicted molar refractivity (Wildman–Crippen MR) is 129 cm³/mol.